The van der Waals surface area contributed by atoms with Crippen LogP contribution >= 0.6 is 0 Å². The Bertz CT molecular complexity index is 988. The highest BCUT2D eigenvalue weighted by molar-refractivity contribution is 5.92. The van der Waals surface area contributed by atoms with Gasteiger partial charge in [0.05, 0.1) is 4.92 Å². The molecule has 9 nitrogen and oxygen atoms in total. The number of nitro groups is 1. The van der Waals surface area contributed by atoms with E-state index in [4.69, 9.17) is 0 Å². The molecule has 0 unspecified atom stereocenters. The molecule has 3 rings (SSSR count). The number of hydrogen-bond donors (Lipinski definition) is 1. The Morgan fingerprint density at radius 1 is 1.33 bits per heavy atom. The number of amides is 1. The number of carbonyl (C=O) groups excluding carboxylic acids is 1. The first-order valence-electron chi connectivity index (χ1n) is 10.3. The fraction of sp³-hybridized carbons (Fsp3) is 0.476. The zero-order chi connectivity index (χ0) is 21.7. The molecular formula is C21H27N5O4. The van der Waals surface area contributed by atoms with Crippen LogP contribution in [0.2, 0.25) is 0 Å². The summed E-state index contributed by atoms with van der Waals surface area (Å²) in [6.45, 7) is 6.24. The molecule has 160 valence electrons. The molecule has 1 saturated heterocycles. The van der Waals surface area contributed by atoms with Gasteiger partial charge < -0.3 is 10.2 Å². The molecule has 1 aliphatic heterocycles. The predicted molar refractivity (Wildman–Crippen MR) is 113 cm³/mol. The summed E-state index contributed by atoms with van der Waals surface area (Å²) >= 11 is 0. The first kappa shape index (κ1) is 21.6. The summed E-state index contributed by atoms with van der Waals surface area (Å²) in [6, 6.07) is 7.91. The third kappa shape index (κ3) is 4.91. The van der Waals surface area contributed by atoms with Gasteiger partial charge in [0.1, 0.15) is 5.69 Å². The number of para-hydroxylation sites is 2. The van der Waals surface area contributed by atoms with E-state index >= 15 is 0 Å². The van der Waals surface area contributed by atoms with Crippen LogP contribution in [-0.4, -0.2) is 51.2 Å². The summed E-state index contributed by atoms with van der Waals surface area (Å²) in [5.41, 5.74) is -0.327. The van der Waals surface area contributed by atoms with Crippen molar-refractivity contribution >= 4 is 11.6 Å². The lowest BCUT2D eigenvalue weighted by atomic mass is 10.0. The molecule has 1 atom stereocenters. The molecule has 1 fully saturated rings. The van der Waals surface area contributed by atoms with Crippen molar-refractivity contribution in [3.05, 3.63) is 62.1 Å². The maximum Gasteiger partial charge on any atom is 0.294 e. The number of hydrogen-bond acceptors (Lipinski definition) is 6. The highest BCUT2D eigenvalue weighted by Gasteiger charge is 2.21. The highest BCUT2D eigenvalue weighted by atomic mass is 16.6. The van der Waals surface area contributed by atoms with Crippen LogP contribution in [0.5, 0.6) is 0 Å². The van der Waals surface area contributed by atoms with Crippen LogP contribution < -0.4 is 10.7 Å². The molecule has 9 heteroatoms. The van der Waals surface area contributed by atoms with Gasteiger partial charge in [-0.2, -0.15) is 5.10 Å². The average Bonchev–Trinajstić information content (AvgIpc) is 2.72. The van der Waals surface area contributed by atoms with E-state index in [1.807, 2.05) is 0 Å². The third-order valence-electron chi connectivity index (χ3n) is 5.48. The van der Waals surface area contributed by atoms with E-state index in [2.05, 4.69) is 22.2 Å². The lowest BCUT2D eigenvalue weighted by Crippen LogP contribution is -2.39. The van der Waals surface area contributed by atoms with Crippen LogP contribution in [0, 0.1) is 17.0 Å². The molecule has 1 aromatic heterocycles. The lowest BCUT2D eigenvalue weighted by molar-refractivity contribution is -0.384. The van der Waals surface area contributed by atoms with Crippen LogP contribution in [-0.2, 0) is 0 Å². The van der Waals surface area contributed by atoms with Gasteiger partial charge in [-0.3, -0.25) is 19.7 Å². The molecule has 1 aliphatic rings. The van der Waals surface area contributed by atoms with E-state index < -0.39 is 16.3 Å². The molecule has 0 spiro atoms. The number of likely N-dealkylation sites (tertiary alicyclic amines) is 1. The molecule has 0 radical (unpaired) electrons. The lowest BCUT2D eigenvalue weighted by Gasteiger charge is -2.33. The Balaban J connectivity index is 1.72. The third-order valence-corrected chi connectivity index (χ3v) is 5.48. The number of carbonyl (C=O) groups is 1. The number of nitrogens with one attached hydrogen (secondary N) is 1. The standard InChI is InChI=1S/C21H27N5O4/c1-15-8-5-6-12-24(15)13-7-11-22-21(28)20-19(27)14-16(2)25(23-20)17-9-3-4-10-18(17)26(29)30/h3-4,9-10,14-15H,5-8,11-13H2,1-2H3,(H,22,28)/t15-/m0/s1. The SMILES string of the molecule is Cc1cc(=O)c(C(=O)NCCCN2CCCC[C@@H]2C)nn1-c1ccccc1[N+](=O)[O-]. The van der Waals surface area contributed by atoms with Crippen molar-refractivity contribution in [3.8, 4) is 5.69 Å². The second-order valence-corrected chi connectivity index (χ2v) is 7.65. The van der Waals surface area contributed by atoms with Gasteiger partial charge >= 0.3 is 0 Å². The van der Waals surface area contributed by atoms with Gasteiger partial charge in [0, 0.05) is 37.0 Å². The molecule has 0 bridgehead atoms. The van der Waals surface area contributed by atoms with Crippen molar-refractivity contribution in [2.24, 2.45) is 0 Å². The van der Waals surface area contributed by atoms with Crippen molar-refractivity contribution in [2.45, 2.75) is 45.6 Å². The molecule has 2 heterocycles. The quantitative estimate of drug-likeness (QED) is 0.424. The minimum Gasteiger partial charge on any atom is -0.350 e. The van der Waals surface area contributed by atoms with Crippen molar-refractivity contribution in [1.82, 2.24) is 20.0 Å². The van der Waals surface area contributed by atoms with Gasteiger partial charge in [-0.1, -0.05) is 18.6 Å². The van der Waals surface area contributed by atoms with Gasteiger partial charge in [-0.15, -0.1) is 0 Å². The van der Waals surface area contributed by atoms with E-state index in [1.165, 1.54) is 42.1 Å². The first-order chi connectivity index (χ1) is 14.4. The second kappa shape index (κ2) is 9.62. The monoisotopic (exact) mass is 413 g/mol. The summed E-state index contributed by atoms with van der Waals surface area (Å²) in [5, 5.41) is 18.2. The number of rotatable bonds is 7. The van der Waals surface area contributed by atoms with Gasteiger partial charge in [0.25, 0.3) is 11.6 Å². The fourth-order valence-corrected chi connectivity index (χ4v) is 3.80. The van der Waals surface area contributed by atoms with Gasteiger partial charge in [-0.25, -0.2) is 4.68 Å². The summed E-state index contributed by atoms with van der Waals surface area (Å²) in [6.07, 6.45) is 4.44. The number of piperidine rings is 1. The van der Waals surface area contributed by atoms with Crippen LogP contribution in [0.15, 0.2) is 35.1 Å². The van der Waals surface area contributed by atoms with Gasteiger partial charge in [0.2, 0.25) is 5.43 Å². The highest BCUT2D eigenvalue weighted by Crippen LogP contribution is 2.22. The average molecular weight is 413 g/mol. The van der Waals surface area contributed by atoms with Crippen LogP contribution in [0.1, 0.15) is 48.8 Å². The van der Waals surface area contributed by atoms with E-state index in [9.17, 15) is 19.7 Å². The number of aromatic nitrogens is 2. The Morgan fingerprint density at radius 3 is 2.83 bits per heavy atom. The van der Waals surface area contributed by atoms with E-state index in [1.54, 1.807) is 19.1 Å². The summed E-state index contributed by atoms with van der Waals surface area (Å²) < 4.78 is 1.27. The molecule has 30 heavy (non-hydrogen) atoms. The largest absolute Gasteiger partial charge is 0.350 e. The summed E-state index contributed by atoms with van der Waals surface area (Å²) in [5.74, 6) is -0.570. The van der Waals surface area contributed by atoms with Crippen molar-refractivity contribution in [3.63, 3.8) is 0 Å². The summed E-state index contributed by atoms with van der Waals surface area (Å²) in [4.78, 5) is 38.1. The van der Waals surface area contributed by atoms with Crippen molar-refractivity contribution < 1.29 is 9.72 Å². The van der Waals surface area contributed by atoms with Crippen LogP contribution in [0.4, 0.5) is 5.69 Å². The number of aryl methyl sites for hydroxylation is 1. The van der Waals surface area contributed by atoms with E-state index in [0.717, 1.165) is 19.5 Å². The molecule has 2 aromatic rings. The first-order valence-corrected chi connectivity index (χ1v) is 10.3. The second-order valence-electron chi connectivity index (χ2n) is 7.65. The Hall–Kier alpha value is -3.07. The predicted octanol–water partition coefficient (Wildman–Crippen LogP) is 2.44. The Kier molecular flexibility index (Phi) is 6.94. The molecular weight excluding hydrogens is 386 g/mol. The topological polar surface area (TPSA) is 110 Å². The number of benzene rings is 1. The zero-order valence-corrected chi connectivity index (χ0v) is 17.3. The normalized spacial score (nSPS) is 16.9. The number of nitrogens with zero attached hydrogens (tertiary/aromatic N) is 4. The zero-order valence-electron chi connectivity index (χ0n) is 17.3. The Morgan fingerprint density at radius 2 is 2.10 bits per heavy atom. The molecule has 0 aliphatic carbocycles. The molecule has 1 aromatic carbocycles. The molecule has 1 N–H and O–H groups in total. The van der Waals surface area contributed by atoms with Crippen LogP contribution in [0.3, 0.4) is 0 Å². The van der Waals surface area contributed by atoms with Crippen molar-refractivity contribution in [2.75, 3.05) is 19.6 Å². The minimum absolute atomic E-state index is 0.154. The Labute approximate surface area is 174 Å². The maximum absolute atomic E-state index is 12.6. The van der Waals surface area contributed by atoms with E-state index in [-0.39, 0.29) is 17.1 Å². The van der Waals surface area contributed by atoms with Gasteiger partial charge in [-0.05, 0) is 45.7 Å². The summed E-state index contributed by atoms with van der Waals surface area (Å²) in [7, 11) is 0. The smallest absolute Gasteiger partial charge is 0.294 e. The van der Waals surface area contributed by atoms with Crippen molar-refractivity contribution in [1.29, 1.82) is 0 Å². The molecule has 0 saturated carbocycles. The maximum atomic E-state index is 12.6. The fourth-order valence-electron chi connectivity index (χ4n) is 3.80. The van der Waals surface area contributed by atoms with Gasteiger partial charge in [0.15, 0.2) is 5.69 Å². The number of nitro benzene ring substituents is 1. The molecule has 1 amide bonds. The minimum atomic E-state index is -0.570. The van der Waals surface area contributed by atoms with Crippen LogP contribution in [0.25, 0.3) is 5.69 Å². The van der Waals surface area contributed by atoms with E-state index in [0.29, 0.717) is 18.3 Å².